The van der Waals surface area contributed by atoms with Crippen molar-refractivity contribution >= 4 is 104 Å². The van der Waals surface area contributed by atoms with Crippen molar-refractivity contribution in [2.45, 2.75) is 5.41 Å². The molecule has 6 aromatic heterocycles. The van der Waals surface area contributed by atoms with E-state index in [4.69, 9.17) is 19.4 Å². The first kappa shape index (κ1) is 52.2. The number of nitriles is 2. The maximum atomic E-state index is 10.2. The number of ether oxygens (including phenoxy) is 2. The molecular formula is C85H47N9O2. The summed E-state index contributed by atoms with van der Waals surface area (Å²) in [5.41, 5.74) is 20.0. The quantitative estimate of drug-likeness (QED) is 0.169. The van der Waals surface area contributed by atoms with Crippen LogP contribution in [0.2, 0.25) is 0 Å². The second-order valence-corrected chi connectivity index (χ2v) is 25.1. The minimum atomic E-state index is -1.11. The van der Waals surface area contributed by atoms with Gasteiger partial charge < -0.3 is 32.6 Å². The third kappa shape index (κ3) is 6.96. The van der Waals surface area contributed by atoms with Crippen LogP contribution in [0, 0.1) is 22.7 Å². The van der Waals surface area contributed by atoms with Crippen molar-refractivity contribution in [3.63, 3.8) is 0 Å². The van der Waals surface area contributed by atoms with Crippen molar-refractivity contribution in [3.8, 4) is 69.3 Å². The van der Waals surface area contributed by atoms with Crippen molar-refractivity contribution in [2.75, 3.05) is 4.90 Å². The van der Waals surface area contributed by atoms with Crippen molar-refractivity contribution in [1.29, 1.82) is 10.5 Å². The van der Waals surface area contributed by atoms with Crippen LogP contribution in [0.4, 0.5) is 17.1 Å². The molecule has 21 rings (SSSR count). The lowest BCUT2D eigenvalue weighted by molar-refractivity contribution is 0.436. The number of rotatable bonds is 5. The Morgan fingerprint density at radius 3 is 1.06 bits per heavy atom. The molecular weight excluding hydrogens is 1180 g/mol. The molecule has 8 heterocycles. The van der Waals surface area contributed by atoms with E-state index < -0.39 is 5.41 Å². The highest BCUT2D eigenvalue weighted by Gasteiger charge is 2.53. The Labute approximate surface area is 547 Å². The maximum absolute atomic E-state index is 10.2. The van der Waals surface area contributed by atoms with E-state index in [1.807, 2.05) is 60.9 Å². The van der Waals surface area contributed by atoms with E-state index in [1.165, 1.54) is 0 Å². The summed E-state index contributed by atoms with van der Waals surface area (Å²) < 4.78 is 23.5. The SMILES string of the molecule is N#Cc1ccc2c(c1)c1ccccc1n2-c1cnc2c(c1)C1(c3ccc(-n4c5ccccc5c5ccccc54)cc3Oc3cc(-n4c5ccccc5c5cc(N6c7ccccc7Oc7ccccc76)ccc54)ccc31)c1cc(-n3c4ccccc4c4cc(C#N)ccc43)cnc1-2. The van der Waals surface area contributed by atoms with Crippen LogP contribution in [0.1, 0.15) is 33.4 Å². The summed E-state index contributed by atoms with van der Waals surface area (Å²) in [5, 5.41) is 29.0. The second-order valence-electron chi connectivity index (χ2n) is 25.1. The number of anilines is 3. The molecule has 11 nitrogen and oxygen atoms in total. The zero-order valence-corrected chi connectivity index (χ0v) is 51.0. The van der Waals surface area contributed by atoms with Gasteiger partial charge in [-0.1, -0.05) is 127 Å². The smallest absolute Gasteiger partial charge is 0.151 e. The largest absolute Gasteiger partial charge is 0.457 e. The minimum absolute atomic E-state index is 0.591. The van der Waals surface area contributed by atoms with Gasteiger partial charge in [0.15, 0.2) is 11.5 Å². The standard InChI is InChI=1S/C85H47N9O2/c86-46-50-29-36-74-62(39-50)59-17-3-9-23-72(59)93(74)55-42-67-83(88-48-55)84-68(43-56(49-89-84)94-73-24-10-4-18-60(73)63-40-51(47-87)30-37-75(63)94)85(67)65-34-31-53(90-69-20-6-1-15-57(69)58-16-2-7-21-70(58)90)44-81(65)96-82-45-54(32-35-66(82)85)91-71-22-8-5-19-61(71)64-41-52(33-38-76(64)91)92-77-25-11-13-27-79(77)95-80-28-14-12-26-78(80)92/h1-45,48-49H. The molecule has 444 valence electrons. The molecule has 0 saturated heterocycles. The van der Waals surface area contributed by atoms with Crippen molar-refractivity contribution in [3.05, 3.63) is 319 Å². The summed E-state index contributed by atoms with van der Waals surface area (Å²) in [4.78, 5) is 13.5. The van der Waals surface area contributed by atoms with E-state index in [2.05, 4.69) is 260 Å². The van der Waals surface area contributed by atoms with E-state index in [9.17, 15) is 10.5 Å². The van der Waals surface area contributed by atoms with Gasteiger partial charge in [-0.05, 0) is 133 Å². The molecule has 2 aliphatic heterocycles. The number of benzene rings is 12. The highest BCUT2D eigenvalue weighted by Crippen LogP contribution is 2.63. The fraction of sp³-hybridized carbons (Fsp3) is 0.0118. The molecule has 18 aromatic rings. The highest BCUT2D eigenvalue weighted by molar-refractivity contribution is 6.14. The Balaban J connectivity index is 0.848. The van der Waals surface area contributed by atoms with Gasteiger partial charge in [0.05, 0.1) is 119 Å². The van der Waals surface area contributed by atoms with Crippen LogP contribution in [0.15, 0.2) is 285 Å². The van der Waals surface area contributed by atoms with Crippen LogP contribution in [0.3, 0.4) is 0 Å². The number of fused-ring (bicyclic) bond motifs is 23. The molecule has 3 aliphatic rings. The normalized spacial score (nSPS) is 13.2. The maximum Gasteiger partial charge on any atom is 0.151 e. The number of nitrogens with zero attached hydrogens (tertiary/aromatic N) is 9. The van der Waals surface area contributed by atoms with E-state index >= 15 is 0 Å². The van der Waals surface area contributed by atoms with Crippen molar-refractivity contribution in [1.82, 2.24) is 28.2 Å². The van der Waals surface area contributed by atoms with Crippen LogP contribution in [-0.4, -0.2) is 28.2 Å². The molecule has 0 bridgehead atoms. The molecule has 1 aliphatic carbocycles. The first-order valence-electron chi connectivity index (χ1n) is 32.0. The van der Waals surface area contributed by atoms with Crippen LogP contribution in [0.25, 0.3) is 121 Å². The lowest BCUT2D eigenvalue weighted by Gasteiger charge is -2.39. The lowest BCUT2D eigenvalue weighted by Crippen LogP contribution is -2.32. The summed E-state index contributed by atoms with van der Waals surface area (Å²) in [7, 11) is 0. The Morgan fingerprint density at radius 1 is 0.281 bits per heavy atom. The molecule has 0 N–H and O–H groups in total. The number of aromatic nitrogens is 6. The molecule has 0 atom stereocenters. The van der Waals surface area contributed by atoms with Crippen molar-refractivity contribution in [2.24, 2.45) is 0 Å². The van der Waals surface area contributed by atoms with E-state index in [0.717, 1.165) is 172 Å². The van der Waals surface area contributed by atoms with Gasteiger partial charge in [-0.3, -0.25) is 9.97 Å². The number of hydrogen-bond donors (Lipinski definition) is 0. The summed E-state index contributed by atoms with van der Waals surface area (Å²) in [6, 6.07) is 101. The molecule has 0 fully saturated rings. The van der Waals surface area contributed by atoms with E-state index in [1.54, 1.807) is 0 Å². The fourth-order valence-electron chi connectivity index (χ4n) is 16.4. The molecule has 0 amide bonds. The number of pyridine rings is 2. The van der Waals surface area contributed by atoms with Crippen LogP contribution in [-0.2, 0) is 5.41 Å². The Kier molecular flexibility index (Phi) is 10.5. The highest BCUT2D eigenvalue weighted by atomic mass is 16.5. The Hall–Kier alpha value is -13.5. The topological polar surface area (TPSA) is 115 Å². The van der Waals surface area contributed by atoms with Gasteiger partial charge in [-0.2, -0.15) is 10.5 Å². The molecule has 0 radical (unpaired) electrons. The van der Waals surface area contributed by atoms with Crippen molar-refractivity contribution < 1.29 is 9.47 Å². The summed E-state index contributed by atoms with van der Waals surface area (Å²) in [5.74, 6) is 2.96. The van der Waals surface area contributed by atoms with Crippen LogP contribution in [0.5, 0.6) is 23.0 Å². The number of hydrogen-bond acceptors (Lipinski definition) is 7. The van der Waals surface area contributed by atoms with Gasteiger partial charge in [0.1, 0.15) is 11.5 Å². The molecule has 1 spiro atoms. The van der Waals surface area contributed by atoms with Gasteiger partial charge >= 0.3 is 0 Å². The average Bonchev–Trinajstić information content (AvgIpc) is 1.46. The molecule has 12 aromatic carbocycles. The predicted octanol–water partition coefficient (Wildman–Crippen LogP) is 20.7. The van der Waals surface area contributed by atoms with Gasteiger partial charge in [0.25, 0.3) is 0 Å². The molecule has 0 unspecified atom stereocenters. The van der Waals surface area contributed by atoms with Crippen LogP contribution < -0.4 is 14.4 Å². The summed E-state index contributed by atoms with van der Waals surface area (Å²) in [6.45, 7) is 0. The van der Waals surface area contributed by atoms with E-state index in [0.29, 0.717) is 22.6 Å². The van der Waals surface area contributed by atoms with Crippen LogP contribution >= 0.6 is 0 Å². The second kappa shape index (κ2) is 19.3. The summed E-state index contributed by atoms with van der Waals surface area (Å²) in [6.07, 6.45) is 3.95. The predicted molar refractivity (Wildman–Crippen MR) is 381 cm³/mol. The summed E-state index contributed by atoms with van der Waals surface area (Å²) >= 11 is 0. The fourth-order valence-corrected chi connectivity index (χ4v) is 16.4. The molecule has 0 saturated carbocycles. The zero-order chi connectivity index (χ0) is 63.1. The molecule has 11 heteroatoms. The first-order chi connectivity index (χ1) is 47.5. The third-order valence-corrected chi connectivity index (χ3v) is 20.3. The van der Waals surface area contributed by atoms with Gasteiger partial charge in [-0.15, -0.1) is 0 Å². The zero-order valence-electron chi connectivity index (χ0n) is 51.0. The van der Waals surface area contributed by atoms with Gasteiger partial charge in [-0.25, -0.2) is 0 Å². The Morgan fingerprint density at radius 2 is 0.625 bits per heavy atom. The average molecular weight is 1230 g/mol. The lowest BCUT2D eigenvalue weighted by atomic mass is 9.66. The monoisotopic (exact) mass is 1230 g/mol. The van der Waals surface area contributed by atoms with Gasteiger partial charge in [0, 0.05) is 94.5 Å². The minimum Gasteiger partial charge on any atom is -0.457 e. The number of para-hydroxylation sites is 9. The van der Waals surface area contributed by atoms with E-state index in [-0.39, 0.29) is 0 Å². The molecule has 96 heavy (non-hydrogen) atoms. The first-order valence-corrected chi connectivity index (χ1v) is 32.0. The third-order valence-electron chi connectivity index (χ3n) is 20.3. The Bertz CT molecular complexity index is 6330. The van der Waals surface area contributed by atoms with Gasteiger partial charge in [0.2, 0.25) is 0 Å².